The lowest BCUT2D eigenvalue weighted by atomic mass is 9.82. The van der Waals surface area contributed by atoms with Gasteiger partial charge in [-0.1, -0.05) is 31.5 Å². The molecule has 172 valence electrons. The van der Waals surface area contributed by atoms with E-state index in [-0.39, 0.29) is 17.9 Å². The number of aromatic nitrogens is 1. The Labute approximate surface area is 204 Å². The first-order valence-electron chi connectivity index (χ1n) is 11.6. The number of carbonyl (C=O) groups is 1. The van der Waals surface area contributed by atoms with Gasteiger partial charge in [0.1, 0.15) is 0 Å². The lowest BCUT2D eigenvalue weighted by molar-refractivity contribution is 0.0630. The van der Waals surface area contributed by atoms with Crippen molar-refractivity contribution in [3.63, 3.8) is 0 Å². The minimum absolute atomic E-state index is 0.0630. The molecule has 1 amide bonds. The van der Waals surface area contributed by atoms with Crippen LogP contribution in [0.3, 0.4) is 0 Å². The normalized spacial score (nSPS) is 18.8. The Balaban J connectivity index is 1.35. The number of hydrogen-bond acceptors (Lipinski definition) is 4. The van der Waals surface area contributed by atoms with Crippen molar-refractivity contribution in [3.8, 4) is 21.6 Å². The number of amides is 1. The fraction of sp³-hybridized carbons (Fsp3) is 0.407. The number of carbonyl (C=O) groups excluding carboxylic acids is 1. The van der Waals surface area contributed by atoms with Crippen LogP contribution < -0.4 is 0 Å². The third kappa shape index (κ3) is 4.46. The maximum Gasteiger partial charge on any atom is 0.253 e. The number of hydrogen-bond donors (Lipinski definition) is 1. The van der Waals surface area contributed by atoms with Gasteiger partial charge in [-0.05, 0) is 77.9 Å². The molecule has 5 rings (SSSR count). The molecular formula is C27H29ClN2O2S. The minimum atomic E-state index is -0.148. The summed E-state index contributed by atoms with van der Waals surface area (Å²) in [6.45, 7) is 6.27. The Hall–Kier alpha value is -2.21. The molecule has 2 aromatic heterocycles. The smallest absolute Gasteiger partial charge is 0.253 e. The number of benzene rings is 1. The Kier molecular flexibility index (Phi) is 5.84. The molecule has 2 fully saturated rings. The second-order valence-electron chi connectivity index (χ2n) is 10.2. The molecule has 0 bridgehead atoms. The zero-order chi connectivity index (χ0) is 23.2. The van der Waals surface area contributed by atoms with E-state index >= 15 is 0 Å². The monoisotopic (exact) mass is 480 g/mol. The van der Waals surface area contributed by atoms with E-state index in [0.29, 0.717) is 16.0 Å². The third-order valence-corrected chi connectivity index (χ3v) is 8.55. The summed E-state index contributed by atoms with van der Waals surface area (Å²) in [6.07, 6.45) is 5.86. The van der Waals surface area contributed by atoms with Gasteiger partial charge in [0.15, 0.2) is 0 Å². The molecule has 1 aliphatic heterocycles. The molecule has 4 nitrogen and oxygen atoms in total. The number of aliphatic hydroxyl groups excluding tert-OH is 1. The Morgan fingerprint density at radius 1 is 1.09 bits per heavy atom. The van der Waals surface area contributed by atoms with E-state index in [1.165, 1.54) is 0 Å². The second-order valence-corrected chi connectivity index (χ2v) is 11.5. The molecule has 1 aromatic carbocycles. The molecule has 1 saturated heterocycles. The van der Waals surface area contributed by atoms with Gasteiger partial charge in [-0.25, -0.2) is 0 Å². The predicted octanol–water partition coefficient (Wildman–Crippen LogP) is 6.42. The van der Waals surface area contributed by atoms with Crippen LogP contribution in [0.4, 0.5) is 0 Å². The van der Waals surface area contributed by atoms with Crippen molar-refractivity contribution in [2.75, 3.05) is 19.7 Å². The van der Waals surface area contributed by atoms with Crippen LogP contribution >= 0.6 is 22.9 Å². The van der Waals surface area contributed by atoms with Crippen LogP contribution in [0.15, 0.2) is 48.0 Å². The summed E-state index contributed by atoms with van der Waals surface area (Å²) in [5, 5.41) is 12.5. The summed E-state index contributed by atoms with van der Waals surface area (Å²) in [4.78, 5) is 20.5. The van der Waals surface area contributed by atoms with E-state index in [1.54, 1.807) is 17.4 Å². The summed E-state index contributed by atoms with van der Waals surface area (Å²) < 4.78 is 0. The van der Waals surface area contributed by atoms with Gasteiger partial charge in [-0.3, -0.25) is 9.78 Å². The van der Waals surface area contributed by atoms with Gasteiger partial charge in [0, 0.05) is 46.4 Å². The first-order chi connectivity index (χ1) is 15.8. The van der Waals surface area contributed by atoms with Gasteiger partial charge in [0.2, 0.25) is 0 Å². The van der Waals surface area contributed by atoms with Gasteiger partial charge in [-0.2, -0.15) is 0 Å². The average molecular weight is 481 g/mol. The number of rotatable bonds is 5. The van der Waals surface area contributed by atoms with E-state index in [0.717, 1.165) is 66.0 Å². The fourth-order valence-electron chi connectivity index (χ4n) is 4.52. The zero-order valence-corrected chi connectivity index (χ0v) is 20.7. The Morgan fingerprint density at radius 2 is 1.85 bits per heavy atom. The zero-order valence-electron chi connectivity index (χ0n) is 19.1. The number of halogens is 1. The number of pyridine rings is 1. The highest BCUT2D eigenvalue weighted by molar-refractivity contribution is 7.14. The fourth-order valence-corrected chi connectivity index (χ4v) is 5.82. The molecule has 0 unspecified atom stereocenters. The van der Waals surface area contributed by atoms with E-state index in [1.807, 2.05) is 29.3 Å². The van der Waals surface area contributed by atoms with Crippen molar-refractivity contribution < 1.29 is 9.90 Å². The molecule has 0 atom stereocenters. The summed E-state index contributed by atoms with van der Waals surface area (Å²) in [5.41, 5.74) is 4.92. The second kappa shape index (κ2) is 8.53. The van der Waals surface area contributed by atoms with Crippen molar-refractivity contribution >= 4 is 28.8 Å². The Morgan fingerprint density at radius 3 is 2.52 bits per heavy atom. The SMILES string of the molecule is CC1(C)CCN(C(=O)c2ccc(-c3cc(-c4ccnc(C5(CO)CC5)c4)cs3)c(Cl)c2)CC1. The molecule has 2 aliphatic rings. The van der Waals surface area contributed by atoms with Crippen LogP contribution in [0, 0.1) is 5.41 Å². The lowest BCUT2D eigenvalue weighted by Crippen LogP contribution is -2.41. The molecule has 3 aromatic rings. The first kappa shape index (κ1) is 22.6. The lowest BCUT2D eigenvalue weighted by Gasteiger charge is -2.37. The van der Waals surface area contributed by atoms with Crippen molar-refractivity contribution in [1.82, 2.24) is 9.88 Å². The van der Waals surface area contributed by atoms with Gasteiger partial charge in [0.05, 0.1) is 11.6 Å². The summed E-state index contributed by atoms with van der Waals surface area (Å²) in [7, 11) is 0. The number of aliphatic hydroxyl groups is 1. The molecule has 0 radical (unpaired) electrons. The van der Waals surface area contributed by atoms with Crippen molar-refractivity contribution in [2.24, 2.45) is 5.41 Å². The largest absolute Gasteiger partial charge is 0.395 e. The number of thiophene rings is 1. The highest BCUT2D eigenvalue weighted by Crippen LogP contribution is 2.47. The van der Waals surface area contributed by atoms with E-state index in [9.17, 15) is 9.90 Å². The molecule has 1 saturated carbocycles. The topological polar surface area (TPSA) is 53.4 Å². The summed E-state index contributed by atoms with van der Waals surface area (Å²) in [5.74, 6) is 0.0630. The van der Waals surface area contributed by atoms with Crippen molar-refractivity contribution in [2.45, 2.75) is 44.9 Å². The van der Waals surface area contributed by atoms with E-state index in [2.05, 4.69) is 36.3 Å². The van der Waals surface area contributed by atoms with Crippen LogP contribution in [0.1, 0.15) is 55.6 Å². The maximum absolute atomic E-state index is 13.0. The molecule has 6 heteroatoms. The van der Waals surface area contributed by atoms with E-state index < -0.39 is 0 Å². The summed E-state index contributed by atoms with van der Waals surface area (Å²) >= 11 is 8.30. The van der Waals surface area contributed by atoms with Crippen LogP contribution in [-0.2, 0) is 5.41 Å². The number of piperidine rings is 1. The quantitative estimate of drug-likeness (QED) is 0.458. The highest BCUT2D eigenvalue weighted by Gasteiger charge is 2.45. The van der Waals surface area contributed by atoms with Crippen LogP contribution in [0.25, 0.3) is 21.6 Å². The van der Waals surface area contributed by atoms with Crippen LogP contribution in [0.5, 0.6) is 0 Å². The summed E-state index contributed by atoms with van der Waals surface area (Å²) in [6, 6.07) is 11.9. The van der Waals surface area contributed by atoms with E-state index in [4.69, 9.17) is 11.6 Å². The molecular weight excluding hydrogens is 452 g/mol. The molecule has 0 spiro atoms. The average Bonchev–Trinajstić information content (AvgIpc) is 3.47. The first-order valence-corrected chi connectivity index (χ1v) is 12.8. The minimum Gasteiger partial charge on any atom is -0.395 e. The molecule has 33 heavy (non-hydrogen) atoms. The number of nitrogens with zero attached hydrogens (tertiary/aromatic N) is 2. The van der Waals surface area contributed by atoms with Crippen molar-refractivity contribution in [3.05, 3.63) is 64.3 Å². The van der Waals surface area contributed by atoms with Crippen molar-refractivity contribution in [1.29, 1.82) is 0 Å². The third-order valence-electron chi connectivity index (χ3n) is 7.28. The highest BCUT2D eigenvalue weighted by atomic mass is 35.5. The molecule has 3 heterocycles. The van der Waals surface area contributed by atoms with Crippen LogP contribution in [-0.4, -0.2) is 40.6 Å². The standard InChI is InChI=1S/C27H29ClN2O2S/c1-26(2)8-11-30(12-9-26)25(32)19-3-4-21(22(28)13-19)23-14-20(16-33-23)18-5-10-29-24(15-18)27(17-31)6-7-27/h3-5,10,13-16,31H,6-9,11-12,17H2,1-2H3. The Bertz CT molecular complexity index is 1190. The van der Waals surface area contributed by atoms with Gasteiger partial charge >= 0.3 is 0 Å². The van der Waals surface area contributed by atoms with Gasteiger partial charge < -0.3 is 10.0 Å². The van der Waals surface area contributed by atoms with Crippen LogP contribution in [0.2, 0.25) is 5.02 Å². The maximum atomic E-state index is 13.0. The van der Waals surface area contributed by atoms with Gasteiger partial charge in [-0.15, -0.1) is 11.3 Å². The number of likely N-dealkylation sites (tertiary alicyclic amines) is 1. The van der Waals surface area contributed by atoms with Gasteiger partial charge in [0.25, 0.3) is 5.91 Å². The predicted molar refractivity (Wildman–Crippen MR) is 135 cm³/mol. The molecule has 1 aliphatic carbocycles. The molecule has 1 N–H and O–H groups in total.